The van der Waals surface area contributed by atoms with E-state index in [0.717, 1.165) is 5.56 Å². The normalized spacial score (nSPS) is 11.2. The van der Waals surface area contributed by atoms with E-state index in [1.54, 1.807) is 6.07 Å². The number of anilines is 1. The van der Waals surface area contributed by atoms with Crippen molar-refractivity contribution in [2.24, 2.45) is 0 Å². The van der Waals surface area contributed by atoms with Crippen LogP contribution in [0.4, 0.5) is 11.4 Å². The minimum Gasteiger partial charge on any atom is -0.310 e. The van der Waals surface area contributed by atoms with Crippen LogP contribution < -0.4 is 4.90 Å². The summed E-state index contributed by atoms with van der Waals surface area (Å²) in [5.41, 5.74) is 0.980. The van der Waals surface area contributed by atoms with Gasteiger partial charge >= 0.3 is 0 Å². The number of benzene rings is 1. The van der Waals surface area contributed by atoms with Crippen LogP contribution in [0.25, 0.3) is 0 Å². The Hall–Kier alpha value is -1.91. The third-order valence-electron chi connectivity index (χ3n) is 2.87. The second kappa shape index (κ2) is 4.76. The molecule has 0 bridgehead atoms. The zero-order chi connectivity index (χ0) is 14.1. The Bertz CT molecular complexity index is 489. The van der Waals surface area contributed by atoms with Gasteiger partial charge in [-0.15, -0.1) is 0 Å². The SMILES string of the molecule is CC(=O)N(C)c1ccc(C(C)(C)C)cc1[N+](=O)[O-]. The first-order chi connectivity index (χ1) is 8.14. The summed E-state index contributed by atoms with van der Waals surface area (Å²) in [6.07, 6.45) is 0. The van der Waals surface area contributed by atoms with E-state index in [4.69, 9.17) is 0 Å². The number of carbonyl (C=O) groups excluding carboxylic acids is 1. The molecule has 0 N–H and O–H groups in total. The maximum Gasteiger partial charge on any atom is 0.293 e. The first kappa shape index (κ1) is 14.2. The van der Waals surface area contributed by atoms with Crippen molar-refractivity contribution in [2.45, 2.75) is 33.1 Å². The van der Waals surface area contributed by atoms with Crippen molar-refractivity contribution in [2.75, 3.05) is 11.9 Å². The predicted molar refractivity (Wildman–Crippen MR) is 70.9 cm³/mol. The Kier molecular flexibility index (Phi) is 3.74. The Balaban J connectivity index is 3.39. The van der Waals surface area contributed by atoms with Gasteiger partial charge in [0.2, 0.25) is 5.91 Å². The monoisotopic (exact) mass is 250 g/mol. The molecule has 5 heteroatoms. The minimum absolute atomic E-state index is 0.0416. The smallest absolute Gasteiger partial charge is 0.293 e. The first-order valence-corrected chi connectivity index (χ1v) is 5.68. The van der Waals surface area contributed by atoms with Crippen LogP contribution in [0.5, 0.6) is 0 Å². The fourth-order valence-corrected chi connectivity index (χ4v) is 1.59. The van der Waals surface area contributed by atoms with Gasteiger partial charge in [-0.25, -0.2) is 0 Å². The van der Waals surface area contributed by atoms with Gasteiger partial charge in [-0.05, 0) is 17.0 Å². The van der Waals surface area contributed by atoms with Crippen LogP contribution in [0.2, 0.25) is 0 Å². The van der Waals surface area contributed by atoms with Crippen LogP contribution in [0.3, 0.4) is 0 Å². The number of hydrogen-bond donors (Lipinski definition) is 0. The molecule has 98 valence electrons. The zero-order valence-corrected chi connectivity index (χ0v) is 11.4. The summed E-state index contributed by atoms with van der Waals surface area (Å²) in [7, 11) is 1.53. The standard InChI is InChI=1S/C13H18N2O3/c1-9(16)14(5)11-7-6-10(13(2,3)4)8-12(11)15(17)18/h6-8H,1-5H3. The number of hydrogen-bond acceptors (Lipinski definition) is 3. The van der Waals surface area contributed by atoms with Crippen LogP contribution in [0.15, 0.2) is 18.2 Å². The molecule has 1 aromatic carbocycles. The summed E-state index contributed by atoms with van der Waals surface area (Å²) in [5.74, 6) is -0.235. The lowest BCUT2D eigenvalue weighted by Crippen LogP contribution is -2.24. The molecule has 0 radical (unpaired) electrons. The largest absolute Gasteiger partial charge is 0.310 e. The van der Waals surface area contributed by atoms with E-state index in [1.807, 2.05) is 26.8 Å². The lowest BCUT2D eigenvalue weighted by atomic mass is 9.86. The molecule has 0 heterocycles. The highest BCUT2D eigenvalue weighted by molar-refractivity contribution is 5.93. The quantitative estimate of drug-likeness (QED) is 0.599. The van der Waals surface area contributed by atoms with E-state index < -0.39 is 4.92 Å². The Morgan fingerprint density at radius 1 is 1.33 bits per heavy atom. The molecule has 0 atom stereocenters. The number of rotatable bonds is 2. The fraction of sp³-hybridized carbons (Fsp3) is 0.462. The van der Waals surface area contributed by atoms with E-state index in [0.29, 0.717) is 5.69 Å². The van der Waals surface area contributed by atoms with Crippen molar-refractivity contribution in [3.63, 3.8) is 0 Å². The van der Waals surface area contributed by atoms with Crippen molar-refractivity contribution < 1.29 is 9.72 Å². The fourth-order valence-electron chi connectivity index (χ4n) is 1.59. The average molecular weight is 250 g/mol. The second-order valence-corrected chi connectivity index (χ2v) is 5.29. The average Bonchev–Trinajstić information content (AvgIpc) is 2.25. The molecular weight excluding hydrogens is 232 g/mol. The van der Waals surface area contributed by atoms with E-state index in [-0.39, 0.29) is 17.0 Å². The zero-order valence-electron chi connectivity index (χ0n) is 11.4. The predicted octanol–water partition coefficient (Wildman–Crippen LogP) is 2.88. The lowest BCUT2D eigenvalue weighted by Gasteiger charge is -2.21. The molecule has 0 saturated carbocycles. The molecule has 0 saturated heterocycles. The van der Waals surface area contributed by atoms with Gasteiger partial charge < -0.3 is 4.90 Å². The summed E-state index contributed by atoms with van der Waals surface area (Å²) in [6.45, 7) is 7.34. The molecule has 0 spiro atoms. The van der Waals surface area contributed by atoms with Gasteiger partial charge in [-0.1, -0.05) is 26.8 Å². The highest BCUT2D eigenvalue weighted by Gasteiger charge is 2.23. The van der Waals surface area contributed by atoms with E-state index in [2.05, 4.69) is 0 Å². The summed E-state index contributed by atoms with van der Waals surface area (Å²) in [6, 6.07) is 4.98. The van der Waals surface area contributed by atoms with Crippen molar-refractivity contribution >= 4 is 17.3 Å². The van der Waals surface area contributed by atoms with Gasteiger partial charge in [0.05, 0.1) is 4.92 Å². The Labute approximate surface area is 107 Å². The van der Waals surface area contributed by atoms with Gasteiger partial charge in [0.15, 0.2) is 0 Å². The third-order valence-corrected chi connectivity index (χ3v) is 2.87. The second-order valence-electron chi connectivity index (χ2n) is 5.29. The molecule has 5 nitrogen and oxygen atoms in total. The molecule has 1 amide bonds. The van der Waals surface area contributed by atoms with Gasteiger partial charge in [0, 0.05) is 20.0 Å². The minimum atomic E-state index is -0.454. The molecule has 0 unspecified atom stereocenters. The van der Waals surface area contributed by atoms with Crippen molar-refractivity contribution in [1.82, 2.24) is 0 Å². The highest BCUT2D eigenvalue weighted by atomic mass is 16.6. The van der Waals surface area contributed by atoms with Crippen molar-refractivity contribution in [3.8, 4) is 0 Å². The van der Waals surface area contributed by atoms with E-state index >= 15 is 0 Å². The molecular formula is C13H18N2O3. The Morgan fingerprint density at radius 2 is 1.89 bits per heavy atom. The highest BCUT2D eigenvalue weighted by Crippen LogP contribution is 2.33. The topological polar surface area (TPSA) is 63.5 Å². The maximum absolute atomic E-state index is 11.3. The summed E-state index contributed by atoms with van der Waals surface area (Å²) < 4.78 is 0. The van der Waals surface area contributed by atoms with Crippen molar-refractivity contribution in [3.05, 3.63) is 33.9 Å². The molecule has 0 aliphatic rings. The lowest BCUT2D eigenvalue weighted by molar-refractivity contribution is -0.384. The number of nitrogens with zero attached hydrogens (tertiary/aromatic N) is 2. The molecule has 0 aliphatic heterocycles. The van der Waals surface area contributed by atoms with E-state index in [9.17, 15) is 14.9 Å². The van der Waals surface area contributed by atoms with Gasteiger partial charge in [0.25, 0.3) is 5.69 Å². The van der Waals surface area contributed by atoms with Crippen LogP contribution >= 0.6 is 0 Å². The third kappa shape index (κ3) is 2.85. The first-order valence-electron chi connectivity index (χ1n) is 5.68. The molecule has 1 rings (SSSR count). The molecule has 1 aromatic rings. The molecule has 0 aromatic heterocycles. The van der Waals surface area contributed by atoms with Gasteiger partial charge in [-0.3, -0.25) is 14.9 Å². The molecule has 0 aliphatic carbocycles. The van der Waals surface area contributed by atoms with E-state index in [1.165, 1.54) is 24.9 Å². The number of carbonyl (C=O) groups is 1. The maximum atomic E-state index is 11.3. The van der Waals surface area contributed by atoms with Crippen molar-refractivity contribution in [1.29, 1.82) is 0 Å². The molecule has 0 fully saturated rings. The summed E-state index contributed by atoms with van der Waals surface area (Å²) >= 11 is 0. The number of amides is 1. The van der Waals surface area contributed by atoms with Crippen LogP contribution in [-0.4, -0.2) is 17.9 Å². The van der Waals surface area contributed by atoms with Crippen LogP contribution in [-0.2, 0) is 10.2 Å². The molecule has 18 heavy (non-hydrogen) atoms. The van der Waals surface area contributed by atoms with Crippen LogP contribution in [0.1, 0.15) is 33.3 Å². The number of nitro groups is 1. The van der Waals surface area contributed by atoms with Crippen LogP contribution in [0, 0.1) is 10.1 Å². The van der Waals surface area contributed by atoms with Gasteiger partial charge in [0.1, 0.15) is 5.69 Å². The number of nitro benzene ring substituents is 1. The summed E-state index contributed by atoms with van der Waals surface area (Å²) in [4.78, 5) is 23.2. The van der Waals surface area contributed by atoms with Gasteiger partial charge in [-0.2, -0.15) is 0 Å². The summed E-state index contributed by atoms with van der Waals surface area (Å²) in [5, 5.41) is 11.1. The Morgan fingerprint density at radius 3 is 2.28 bits per heavy atom.